The van der Waals surface area contributed by atoms with Gasteiger partial charge in [0.15, 0.2) is 11.5 Å². The lowest BCUT2D eigenvalue weighted by atomic mass is 10.1. The minimum Gasteiger partial charge on any atom is -0.486 e. The number of aromatic nitrogens is 2. The summed E-state index contributed by atoms with van der Waals surface area (Å²) >= 11 is 0. The number of aryl methyl sites for hydroxylation is 2. The number of rotatable bonds is 2. The zero-order valence-electron chi connectivity index (χ0n) is 14.0. The largest absolute Gasteiger partial charge is 0.486 e. The number of amides is 1. The molecule has 0 aliphatic carbocycles. The molecule has 1 atom stereocenters. The number of nitrogens with zero attached hydrogens (tertiary/aromatic N) is 3. The molecule has 0 bridgehead atoms. The van der Waals surface area contributed by atoms with Gasteiger partial charge in [-0.15, -0.1) is 0 Å². The molecule has 4 rings (SSSR count). The summed E-state index contributed by atoms with van der Waals surface area (Å²) in [6.07, 6.45) is 3.94. The highest BCUT2D eigenvalue weighted by Gasteiger charge is 2.33. The van der Waals surface area contributed by atoms with Gasteiger partial charge in [-0.3, -0.25) is 4.79 Å². The SMILES string of the molecule is Cc1cn(C)c(C2CCCN2C(=O)c2ccc3c(c2)OCCO3)n1. The van der Waals surface area contributed by atoms with Crippen LogP contribution in [0.15, 0.2) is 24.4 Å². The maximum absolute atomic E-state index is 13.0. The van der Waals surface area contributed by atoms with Crippen molar-refractivity contribution in [1.29, 1.82) is 0 Å². The molecule has 1 amide bonds. The zero-order chi connectivity index (χ0) is 16.7. The zero-order valence-corrected chi connectivity index (χ0v) is 14.0. The first-order chi connectivity index (χ1) is 11.6. The lowest BCUT2D eigenvalue weighted by Gasteiger charge is -2.25. The van der Waals surface area contributed by atoms with E-state index in [1.165, 1.54) is 0 Å². The molecule has 1 unspecified atom stereocenters. The van der Waals surface area contributed by atoms with E-state index in [4.69, 9.17) is 9.47 Å². The Labute approximate surface area is 141 Å². The first-order valence-corrected chi connectivity index (χ1v) is 8.34. The fourth-order valence-electron chi connectivity index (χ4n) is 3.56. The third-order valence-corrected chi connectivity index (χ3v) is 4.63. The number of ether oxygens (including phenoxy) is 2. The Hall–Kier alpha value is -2.50. The van der Waals surface area contributed by atoms with Crippen molar-refractivity contribution in [3.8, 4) is 11.5 Å². The molecule has 1 fully saturated rings. The summed E-state index contributed by atoms with van der Waals surface area (Å²) in [5, 5.41) is 0. The number of hydrogen-bond acceptors (Lipinski definition) is 4. The summed E-state index contributed by atoms with van der Waals surface area (Å²) in [7, 11) is 1.99. The van der Waals surface area contributed by atoms with Crippen molar-refractivity contribution < 1.29 is 14.3 Å². The van der Waals surface area contributed by atoms with Crippen LogP contribution in [0.2, 0.25) is 0 Å². The normalized spacial score (nSPS) is 19.6. The first kappa shape index (κ1) is 15.1. The topological polar surface area (TPSA) is 56.6 Å². The van der Waals surface area contributed by atoms with Gasteiger partial charge >= 0.3 is 0 Å². The second-order valence-corrected chi connectivity index (χ2v) is 6.37. The lowest BCUT2D eigenvalue weighted by molar-refractivity contribution is 0.0727. The molecule has 2 aliphatic heterocycles. The van der Waals surface area contributed by atoms with Gasteiger partial charge < -0.3 is 18.9 Å². The van der Waals surface area contributed by atoms with Crippen LogP contribution in [-0.2, 0) is 7.05 Å². The summed E-state index contributed by atoms with van der Waals surface area (Å²) in [5.41, 5.74) is 1.61. The van der Waals surface area contributed by atoms with Crippen molar-refractivity contribution >= 4 is 5.91 Å². The molecular formula is C18H21N3O3. The summed E-state index contributed by atoms with van der Waals surface area (Å²) < 4.78 is 13.2. The highest BCUT2D eigenvalue weighted by Crippen LogP contribution is 2.35. The molecule has 1 aromatic heterocycles. The van der Waals surface area contributed by atoms with E-state index >= 15 is 0 Å². The fraction of sp³-hybridized carbons (Fsp3) is 0.444. The Bertz CT molecular complexity index is 784. The van der Waals surface area contributed by atoms with Crippen LogP contribution in [0, 0.1) is 6.92 Å². The fourth-order valence-corrected chi connectivity index (χ4v) is 3.56. The summed E-state index contributed by atoms with van der Waals surface area (Å²) in [6, 6.07) is 5.45. The van der Waals surface area contributed by atoms with Gasteiger partial charge in [-0.1, -0.05) is 0 Å². The van der Waals surface area contributed by atoms with Gasteiger partial charge in [-0.2, -0.15) is 0 Å². The van der Waals surface area contributed by atoms with Crippen molar-refractivity contribution in [2.24, 2.45) is 7.05 Å². The monoisotopic (exact) mass is 327 g/mol. The molecule has 1 aromatic carbocycles. The third kappa shape index (κ3) is 2.52. The maximum atomic E-state index is 13.0. The van der Waals surface area contributed by atoms with Crippen LogP contribution in [0.1, 0.15) is 40.8 Å². The molecule has 0 radical (unpaired) electrons. The van der Waals surface area contributed by atoms with E-state index < -0.39 is 0 Å². The molecule has 0 spiro atoms. The van der Waals surface area contributed by atoms with Crippen molar-refractivity contribution in [3.05, 3.63) is 41.5 Å². The van der Waals surface area contributed by atoms with E-state index in [-0.39, 0.29) is 11.9 Å². The van der Waals surface area contributed by atoms with Gasteiger partial charge in [-0.25, -0.2) is 4.98 Å². The van der Waals surface area contributed by atoms with Crippen molar-refractivity contribution in [2.75, 3.05) is 19.8 Å². The predicted molar refractivity (Wildman–Crippen MR) is 88.4 cm³/mol. The lowest BCUT2D eigenvalue weighted by Crippen LogP contribution is -2.32. The van der Waals surface area contributed by atoms with Crippen LogP contribution in [0.5, 0.6) is 11.5 Å². The molecule has 3 heterocycles. The van der Waals surface area contributed by atoms with Crippen molar-refractivity contribution in [2.45, 2.75) is 25.8 Å². The van der Waals surface area contributed by atoms with Gasteiger partial charge in [0, 0.05) is 25.4 Å². The minimum atomic E-state index is 0.0233. The third-order valence-electron chi connectivity index (χ3n) is 4.63. The predicted octanol–water partition coefficient (Wildman–Crippen LogP) is 2.48. The Morgan fingerprint density at radius 2 is 2.04 bits per heavy atom. The number of imidazole rings is 1. The van der Waals surface area contributed by atoms with Crippen LogP contribution in [0.25, 0.3) is 0 Å². The quantitative estimate of drug-likeness (QED) is 0.850. The van der Waals surface area contributed by atoms with Crippen molar-refractivity contribution in [3.63, 3.8) is 0 Å². The highest BCUT2D eigenvalue weighted by molar-refractivity contribution is 5.95. The number of carbonyl (C=O) groups is 1. The summed E-state index contributed by atoms with van der Waals surface area (Å²) in [6.45, 7) is 3.80. The number of hydrogen-bond donors (Lipinski definition) is 0. The molecule has 0 saturated carbocycles. The van der Waals surface area contributed by atoms with Crippen LogP contribution in [0.4, 0.5) is 0 Å². The smallest absolute Gasteiger partial charge is 0.254 e. The van der Waals surface area contributed by atoms with Gasteiger partial charge in [0.2, 0.25) is 0 Å². The average Bonchev–Trinajstić information content (AvgIpc) is 3.19. The van der Waals surface area contributed by atoms with E-state index in [1.807, 2.05) is 41.8 Å². The highest BCUT2D eigenvalue weighted by atomic mass is 16.6. The van der Waals surface area contributed by atoms with Gasteiger partial charge in [-0.05, 0) is 38.0 Å². The Balaban J connectivity index is 1.62. The number of likely N-dealkylation sites (tertiary alicyclic amines) is 1. The second kappa shape index (κ2) is 5.85. The van der Waals surface area contributed by atoms with Gasteiger partial charge in [0.25, 0.3) is 5.91 Å². The molecule has 126 valence electrons. The molecule has 1 saturated heterocycles. The van der Waals surface area contributed by atoms with Crippen LogP contribution in [0.3, 0.4) is 0 Å². The van der Waals surface area contributed by atoms with E-state index in [2.05, 4.69) is 4.98 Å². The molecule has 2 aromatic rings. The molecule has 24 heavy (non-hydrogen) atoms. The number of fused-ring (bicyclic) bond motifs is 1. The van der Waals surface area contributed by atoms with Crippen molar-refractivity contribution in [1.82, 2.24) is 14.5 Å². The van der Waals surface area contributed by atoms with Crippen LogP contribution in [-0.4, -0.2) is 40.1 Å². The number of carbonyl (C=O) groups excluding carboxylic acids is 1. The van der Waals surface area contributed by atoms with Crippen LogP contribution >= 0.6 is 0 Å². The summed E-state index contributed by atoms with van der Waals surface area (Å²) in [5.74, 6) is 2.33. The average molecular weight is 327 g/mol. The first-order valence-electron chi connectivity index (χ1n) is 8.34. The van der Waals surface area contributed by atoms with E-state index in [0.29, 0.717) is 30.3 Å². The van der Waals surface area contributed by atoms with Gasteiger partial charge in [0.1, 0.15) is 19.0 Å². The molecule has 6 heteroatoms. The Morgan fingerprint density at radius 3 is 2.79 bits per heavy atom. The van der Waals surface area contributed by atoms with Crippen LogP contribution < -0.4 is 9.47 Å². The van der Waals surface area contributed by atoms with Gasteiger partial charge in [0.05, 0.1) is 11.7 Å². The minimum absolute atomic E-state index is 0.0233. The number of benzene rings is 1. The molecule has 0 N–H and O–H groups in total. The Morgan fingerprint density at radius 1 is 1.25 bits per heavy atom. The summed E-state index contributed by atoms with van der Waals surface area (Å²) in [4.78, 5) is 19.6. The molecular weight excluding hydrogens is 306 g/mol. The van der Waals surface area contributed by atoms with E-state index in [0.717, 1.165) is 30.9 Å². The Kier molecular flexibility index (Phi) is 3.67. The standard InChI is InChI=1S/C18H21N3O3/c1-12-11-20(2)17(19-12)14-4-3-7-21(14)18(22)13-5-6-15-16(10-13)24-9-8-23-15/h5-6,10-11,14H,3-4,7-9H2,1-2H3. The molecule has 6 nitrogen and oxygen atoms in total. The second-order valence-electron chi connectivity index (χ2n) is 6.37. The molecule has 2 aliphatic rings. The van der Waals surface area contributed by atoms with E-state index in [1.54, 1.807) is 6.07 Å². The van der Waals surface area contributed by atoms with E-state index in [9.17, 15) is 4.79 Å². The maximum Gasteiger partial charge on any atom is 0.254 e.